The summed E-state index contributed by atoms with van der Waals surface area (Å²) in [7, 11) is 0. The molecule has 16 heavy (non-hydrogen) atoms. The Kier molecular flexibility index (Phi) is 3.54. The molecule has 1 saturated carbocycles. The summed E-state index contributed by atoms with van der Waals surface area (Å²) in [5.74, 6) is -0.719. The summed E-state index contributed by atoms with van der Waals surface area (Å²) in [6.45, 7) is 0. The van der Waals surface area contributed by atoms with Crippen LogP contribution >= 0.6 is 0 Å². The van der Waals surface area contributed by atoms with E-state index in [-0.39, 0.29) is 6.04 Å². The molecule has 0 saturated heterocycles. The predicted octanol–water partition coefficient (Wildman–Crippen LogP) is 3.54. The summed E-state index contributed by atoms with van der Waals surface area (Å²) in [4.78, 5) is 0. The summed E-state index contributed by atoms with van der Waals surface area (Å²) in [5.41, 5.74) is 6.51. The number of rotatable bonds is 2. The van der Waals surface area contributed by atoms with Crippen molar-refractivity contribution in [3.63, 3.8) is 0 Å². The van der Waals surface area contributed by atoms with Crippen molar-refractivity contribution < 1.29 is 8.78 Å². The van der Waals surface area contributed by atoms with Crippen LogP contribution in [0.3, 0.4) is 0 Å². The van der Waals surface area contributed by atoms with E-state index in [9.17, 15) is 8.78 Å². The lowest BCUT2D eigenvalue weighted by Crippen LogP contribution is -2.24. The standard InChI is InChI=1S/C13H17F2N/c14-10-6-7-11(12(15)8-10)13(16)9-4-2-1-3-5-9/h6-9,13H,1-5,16H2/t13-/m0/s1. The van der Waals surface area contributed by atoms with Crippen molar-refractivity contribution in [1.29, 1.82) is 0 Å². The van der Waals surface area contributed by atoms with Gasteiger partial charge in [0.05, 0.1) is 0 Å². The summed E-state index contributed by atoms with van der Waals surface area (Å²) < 4.78 is 26.3. The third-order valence-corrected chi connectivity index (χ3v) is 3.48. The normalized spacial score (nSPS) is 19.7. The maximum atomic E-state index is 13.5. The van der Waals surface area contributed by atoms with E-state index < -0.39 is 11.6 Å². The van der Waals surface area contributed by atoms with Crippen molar-refractivity contribution in [1.82, 2.24) is 0 Å². The van der Waals surface area contributed by atoms with E-state index >= 15 is 0 Å². The Balaban J connectivity index is 2.15. The Labute approximate surface area is 94.7 Å². The summed E-state index contributed by atoms with van der Waals surface area (Å²) in [5, 5.41) is 0. The number of benzene rings is 1. The molecule has 0 aromatic heterocycles. The third kappa shape index (κ3) is 2.40. The molecule has 0 bridgehead atoms. The molecule has 2 N–H and O–H groups in total. The van der Waals surface area contributed by atoms with Gasteiger partial charge in [-0.15, -0.1) is 0 Å². The first-order valence-corrected chi connectivity index (χ1v) is 5.89. The average molecular weight is 225 g/mol. The van der Waals surface area contributed by atoms with Crippen molar-refractivity contribution >= 4 is 0 Å². The topological polar surface area (TPSA) is 26.0 Å². The number of hydrogen-bond donors (Lipinski definition) is 1. The van der Waals surface area contributed by atoms with Gasteiger partial charge in [-0.2, -0.15) is 0 Å². The molecule has 1 aliphatic rings. The molecule has 0 amide bonds. The molecule has 1 aromatic carbocycles. The summed E-state index contributed by atoms with van der Waals surface area (Å²) in [6.07, 6.45) is 5.69. The molecule has 1 aliphatic carbocycles. The van der Waals surface area contributed by atoms with Gasteiger partial charge in [0.1, 0.15) is 11.6 Å². The highest BCUT2D eigenvalue weighted by molar-refractivity contribution is 5.22. The molecule has 1 nitrogen and oxygen atoms in total. The van der Waals surface area contributed by atoms with Crippen molar-refractivity contribution in [3.8, 4) is 0 Å². The molecule has 1 fully saturated rings. The van der Waals surface area contributed by atoms with Gasteiger partial charge in [0.2, 0.25) is 0 Å². The summed E-state index contributed by atoms with van der Waals surface area (Å²) in [6, 6.07) is 3.38. The lowest BCUT2D eigenvalue weighted by molar-refractivity contribution is 0.303. The van der Waals surface area contributed by atoms with Crippen LogP contribution in [0.25, 0.3) is 0 Å². The molecule has 0 spiro atoms. The van der Waals surface area contributed by atoms with Crippen LogP contribution in [0.5, 0.6) is 0 Å². The fraction of sp³-hybridized carbons (Fsp3) is 0.538. The van der Waals surface area contributed by atoms with E-state index in [2.05, 4.69) is 0 Å². The quantitative estimate of drug-likeness (QED) is 0.818. The molecule has 2 rings (SSSR count). The van der Waals surface area contributed by atoms with E-state index in [1.807, 2.05) is 0 Å². The average Bonchev–Trinajstić information content (AvgIpc) is 2.29. The first kappa shape index (κ1) is 11.5. The van der Waals surface area contributed by atoms with Crippen LogP contribution in [0.1, 0.15) is 43.7 Å². The zero-order valence-corrected chi connectivity index (χ0v) is 9.26. The van der Waals surface area contributed by atoms with Crippen molar-refractivity contribution in [2.24, 2.45) is 11.7 Å². The Morgan fingerprint density at radius 2 is 1.81 bits per heavy atom. The van der Waals surface area contributed by atoms with Crippen molar-refractivity contribution in [2.75, 3.05) is 0 Å². The highest BCUT2D eigenvalue weighted by Crippen LogP contribution is 2.33. The van der Waals surface area contributed by atoms with Crippen molar-refractivity contribution in [3.05, 3.63) is 35.4 Å². The predicted molar refractivity (Wildman–Crippen MR) is 59.9 cm³/mol. The van der Waals surface area contributed by atoms with Crippen LogP contribution in [0.2, 0.25) is 0 Å². The third-order valence-electron chi connectivity index (χ3n) is 3.48. The molecule has 1 aromatic rings. The van der Waals surface area contributed by atoms with Gasteiger partial charge < -0.3 is 5.73 Å². The SMILES string of the molecule is N[C@H](c1ccc(F)cc1F)C1CCCCC1. The van der Waals surface area contributed by atoms with Crippen LogP contribution in [0.15, 0.2) is 18.2 Å². The Morgan fingerprint density at radius 1 is 1.12 bits per heavy atom. The van der Waals surface area contributed by atoms with Crippen LogP contribution in [-0.2, 0) is 0 Å². The molecular formula is C13H17F2N. The smallest absolute Gasteiger partial charge is 0.130 e. The van der Waals surface area contributed by atoms with E-state index in [1.54, 1.807) is 0 Å². The fourth-order valence-corrected chi connectivity index (χ4v) is 2.52. The van der Waals surface area contributed by atoms with E-state index in [4.69, 9.17) is 5.73 Å². The first-order chi connectivity index (χ1) is 7.68. The highest BCUT2D eigenvalue weighted by Gasteiger charge is 2.23. The van der Waals surface area contributed by atoms with Gasteiger partial charge in [0, 0.05) is 17.7 Å². The van der Waals surface area contributed by atoms with E-state index in [0.717, 1.165) is 18.9 Å². The molecule has 3 heteroatoms. The van der Waals surface area contributed by atoms with Gasteiger partial charge in [-0.05, 0) is 24.8 Å². The molecule has 0 aliphatic heterocycles. The second-order valence-electron chi connectivity index (χ2n) is 4.59. The molecular weight excluding hydrogens is 208 g/mol. The monoisotopic (exact) mass is 225 g/mol. The van der Waals surface area contributed by atoms with Crippen LogP contribution in [0, 0.1) is 17.6 Å². The molecule has 88 valence electrons. The molecule has 0 radical (unpaired) electrons. The maximum Gasteiger partial charge on any atom is 0.130 e. The fourth-order valence-electron chi connectivity index (χ4n) is 2.52. The Morgan fingerprint density at radius 3 is 2.44 bits per heavy atom. The first-order valence-electron chi connectivity index (χ1n) is 5.89. The zero-order valence-electron chi connectivity index (χ0n) is 9.26. The molecule has 0 unspecified atom stereocenters. The van der Waals surface area contributed by atoms with Gasteiger partial charge in [-0.25, -0.2) is 8.78 Å². The second kappa shape index (κ2) is 4.91. The van der Waals surface area contributed by atoms with Gasteiger partial charge in [0.25, 0.3) is 0 Å². The van der Waals surface area contributed by atoms with E-state index in [1.165, 1.54) is 31.4 Å². The molecule has 0 heterocycles. The van der Waals surface area contributed by atoms with Gasteiger partial charge in [0.15, 0.2) is 0 Å². The van der Waals surface area contributed by atoms with Gasteiger partial charge in [-0.3, -0.25) is 0 Å². The summed E-state index contributed by atoms with van der Waals surface area (Å²) >= 11 is 0. The minimum atomic E-state index is -0.544. The molecule has 1 atom stereocenters. The van der Waals surface area contributed by atoms with E-state index in [0.29, 0.717) is 11.5 Å². The van der Waals surface area contributed by atoms with Gasteiger partial charge in [-0.1, -0.05) is 25.3 Å². The number of hydrogen-bond acceptors (Lipinski definition) is 1. The van der Waals surface area contributed by atoms with Crippen LogP contribution in [0.4, 0.5) is 8.78 Å². The number of nitrogens with two attached hydrogens (primary N) is 1. The minimum absolute atomic E-state index is 0.291. The second-order valence-corrected chi connectivity index (χ2v) is 4.59. The minimum Gasteiger partial charge on any atom is -0.324 e. The largest absolute Gasteiger partial charge is 0.324 e. The Hall–Kier alpha value is -0.960. The van der Waals surface area contributed by atoms with Crippen LogP contribution in [-0.4, -0.2) is 0 Å². The highest BCUT2D eigenvalue weighted by atomic mass is 19.1. The maximum absolute atomic E-state index is 13.5. The lowest BCUT2D eigenvalue weighted by atomic mass is 9.81. The van der Waals surface area contributed by atoms with Gasteiger partial charge >= 0.3 is 0 Å². The Bertz CT molecular complexity index is 359. The lowest BCUT2D eigenvalue weighted by Gasteiger charge is -2.27. The number of halogens is 2. The van der Waals surface area contributed by atoms with Crippen LogP contribution < -0.4 is 5.73 Å². The zero-order chi connectivity index (χ0) is 11.5. The van der Waals surface area contributed by atoms with Crippen molar-refractivity contribution in [2.45, 2.75) is 38.1 Å².